The zero-order valence-electron chi connectivity index (χ0n) is 17.4. The van der Waals surface area contributed by atoms with Crippen LogP contribution in [0, 0.1) is 28.6 Å². The molecule has 162 valence electrons. The number of hydrogen-bond acceptors (Lipinski definition) is 6. The molecule has 9 atom stereocenters. The van der Waals surface area contributed by atoms with E-state index < -0.39 is 40.6 Å². The zero-order valence-corrected chi connectivity index (χ0v) is 17.4. The van der Waals surface area contributed by atoms with Crippen molar-refractivity contribution in [2.75, 3.05) is 6.61 Å². The van der Waals surface area contributed by atoms with Gasteiger partial charge >= 0.3 is 5.97 Å². The van der Waals surface area contributed by atoms with E-state index in [1.54, 1.807) is 6.08 Å². The van der Waals surface area contributed by atoms with Gasteiger partial charge in [0.15, 0.2) is 11.6 Å². The van der Waals surface area contributed by atoms with Crippen LogP contribution in [-0.2, 0) is 23.9 Å². The van der Waals surface area contributed by atoms with Gasteiger partial charge in [-0.3, -0.25) is 14.4 Å². The van der Waals surface area contributed by atoms with Crippen molar-refractivity contribution in [1.82, 2.24) is 0 Å². The van der Waals surface area contributed by atoms with Crippen molar-refractivity contribution in [3.8, 4) is 0 Å². The molecule has 1 saturated heterocycles. The van der Waals surface area contributed by atoms with Crippen LogP contribution in [0.3, 0.4) is 0 Å². The molecule has 1 heterocycles. The van der Waals surface area contributed by atoms with Crippen molar-refractivity contribution >= 4 is 17.5 Å². The molecule has 3 saturated carbocycles. The second-order valence-corrected chi connectivity index (χ2v) is 10.1. The first-order chi connectivity index (χ1) is 14.0. The van der Waals surface area contributed by atoms with Gasteiger partial charge in [0.2, 0.25) is 0 Å². The van der Waals surface area contributed by atoms with Crippen LogP contribution in [0.5, 0.6) is 0 Å². The highest BCUT2D eigenvalue weighted by atomic mass is 19.1. The topological polar surface area (TPSA) is 93.2 Å². The molecule has 30 heavy (non-hydrogen) atoms. The summed E-state index contributed by atoms with van der Waals surface area (Å²) in [7, 11) is 0. The van der Waals surface area contributed by atoms with E-state index in [2.05, 4.69) is 0 Å². The lowest BCUT2D eigenvalue weighted by Gasteiger charge is -2.55. The van der Waals surface area contributed by atoms with E-state index in [0.717, 1.165) is 0 Å². The lowest BCUT2D eigenvalue weighted by atomic mass is 9.47. The van der Waals surface area contributed by atoms with Crippen LogP contribution in [0.4, 0.5) is 4.39 Å². The molecule has 0 aromatic heterocycles. The standard InChI is InChI=1S/C23H27FO6/c1-11(25)29-10-18(28)20-17(27)8-13-14-7-16(24)15-6-12(26)4-5-22(15,3)23(14)19(30-23)9-21(13,20)2/h4-6,13-14,16-17,19-20,27H,7-10H2,1-3H3/t13?,14?,16-,17+,19?,20+,21-,22-,23?/m0/s1. The third-order valence-electron chi connectivity index (χ3n) is 8.71. The summed E-state index contributed by atoms with van der Waals surface area (Å²) in [6.45, 7) is 4.81. The van der Waals surface area contributed by atoms with E-state index in [1.165, 1.54) is 19.1 Å². The lowest BCUT2D eigenvalue weighted by molar-refractivity contribution is -0.150. The molecule has 0 amide bonds. The quantitative estimate of drug-likeness (QED) is 0.557. The Morgan fingerprint density at radius 1 is 1.30 bits per heavy atom. The molecule has 0 aromatic carbocycles. The molecule has 5 aliphatic rings. The van der Waals surface area contributed by atoms with Gasteiger partial charge < -0.3 is 14.6 Å². The largest absolute Gasteiger partial charge is 0.458 e. The average Bonchev–Trinajstić information content (AvgIpc) is 3.31. The van der Waals surface area contributed by atoms with E-state index in [0.29, 0.717) is 18.4 Å². The van der Waals surface area contributed by atoms with E-state index in [-0.39, 0.29) is 42.5 Å². The first-order valence-electron chi connectivity index (χ1n) is 10.7. The summed E-state index contributed by atoms with van der Waals surface area (Å²) in [4.78, 5) is 35.9. The van der Waals surface area contributed by atoms with Crippen molar-refractivity contribution in [3.63, 3.8) is 0 Å². The van der Waals surface area contributed by atoms with Crippen LogP contribution < -0.4 is 0 Å². The van der Waals surface area contributed by atoms with Gasteiger partial charge in [0.1, 0.15) is 18.4 Å². The molecule has 5 rings (SSSR count). The number of ether oxygens (including phenoxy) is 2. The first kappa shape index (κ1) is 20.1. The highest BCUT2D eigenvalue weighted by Gasteiger charge is 2.80. The van der Waals surface area contributed by atoms with Gasteiger partial charge in [-0.1, -0.05) is 13.0 Å². The number of hydrogen-bond donors (Lipinski definition) is 1. The molecule has 0 aromatic rings. The summed E-state index contributed by atoms with van der Waals surface area (Å²) in [5.74, 6) is -1.97. The Hall–Kier alpha value is -1.86. The number of Topliss-reactive ketones (excluding diaryl/α,β-unsaturated/α-hetero) is 1. The van der Waals surface area contributed by atoms with Crippen LogP contribution in [-0.4, -0.2) is 53.2 Å². The molecule has 1 aliphatic heterocycles. The monoisotopic (exact) mass is 418 g/mol. The Bertz CT molecular complexity index is 909. The van der Waals surface area contributed by atoms with E-state index >= 15 is 4.39 Å². The maximum Gasteiger partial charge on any atom is 0.303 e. The van der Waals surface area contributed by atoms with Gasteiger partial charge in [-0.25, -0.2) is 4.39 Å². The summed E-state index contributed by atoms with van der Waals surface area (Å²) < 4.78 is 26.6. The molecule has 0 bridgehead atoms. The Morgan fingerprint density at radius 2 is 2.03 bits per heavy atom. The Kier molecular flexibility index (Phi) is 4.08. The van der Waals surface area contributed by atoms with E-state index in [4.69, 9.17) is 9.47 Å². The van der Waals surface area contributed by atoms with Gasteiger partial charge in [0.05, 0.1) is 18.1 Å². The average molecular weight is 418 g/mol. The molecule has 4 unspecified atom stereocenters. The molecule has 0 radical (unpaired) electrons. The van der Waals surface area contributed by atoms with Crippen molar-refractivity contribution < 1.29 is 33.4 Å². The second kappa shape index (κ2) is 6.10. The molecular formula is C23H27FO6. The number of carbonyl (C=O) groups is 3. The molecule has 4 aliphatic carbocycles. The number of carbonyl (C=O) groups excluding carboxylic acids is 3. The number of ketones is 2. The van der Waals surface area contributed by atoms with Gasteiger partial charge in [0.25, 0.3) is 0 Å². The van der Waals surface area contributed by atoms with Crippen LogP contribution >= 0.6 is 0 Å². The number of alkyl halides is 1. The predicted molar refractivity (Wildman–Crippen MR) is 103 cm³/mol. The van der Waals surface area contributed by atoms with Crippen LogP contribution in [0.15, 0.2) is 23.8 Å². The fourth-order valence-corrected chi connectivity index (χ4v) is 7.50. The number of aliphatic hydroxyl groups is 1. The predicted octanol–water partition coefficient (Wildman–Crippen LogP) is 2.09. The van der Waals surface area contributed by atoms with Crippen molar-refractivity contribution in [2.45, 2.75) is 64.0 Å². The number of rotatable bonds is 3. The first-order valence-corrected chi connectivity index (χ1v) is 10.7. The van der Waals surface area contributed by atoms with Crippen molar-refractivity contribution in [1.29, 1.82) is 0 Å². The van der Waals surface area contributed by atoms with Crippen LogP contribution in [0.1, 0.15) is 40.0 Å². The van der Waals surface area contributed by atoms with Gasteiger partial charge in [-0.15, -0.1) is 0 Å². The SMILES string of the molecule is CC(=O)OCC(=O)[C@H]1[C@H](O)CC2C3C[C@H](F)C4=CC(=O)C=C[C@]4(C)C34OC4C[C@@]21C. The minimum atomic E-state index is -1.26. The molecular weight excluding hydrogens is 391 g/mol. The number of allylic oxidation sites excluding steroid dienone is 2. The Balaban J connectivity index is 1.51. The van der Waals surface area contributed by atoms with Crippen LogP contribution in [0.25, 0.3) is 0 Å². The minimum absolute atomic E-state index is 0.0971. The zero-order chi connectivity index (χ0) is 21.6. The third-order valence-corrected chi connectivity index (χ3v) is 8.71. The smallest absolute Gasteiger partial charge is 0.303 e. The Morgan fingerprint density at radius 3 is 2.73 bits per heavy atom. The molecule has 6 nitrogen and oxygen atoms in total. The molecule has 4 fully saturated rings. The molecule has 7 heteroatoms. The van der Waals surface area contributed by atoms with E-state index in [9.17, 15) is 19.5 Å². The second-order valence-electron chi connectivity index (χ2n) is 10.1. The Labute approximate surface area is 174 Å². The summed E-state index contributed by atoms with van der Waals surface area (Å²) in [6, 6.07) is 0. The fraction of sp³-hybridized carbons (Fsp3) is 0.696. The maximum absolute atomic E-state index is 15.3. The number of fused-ring (bicyclic) bond motifs is 3. The summed E-state index contributed by atoms with van der Waals surface area (Å²) >= 11 is 0. The highest BCUT2D eigenvalue weighted by molar-refractivity contribution is 6.01. The number of aliphatic hydroxyl groups excluding tert-OH is 1. The number of halogens is 1. The van der Waals surface area contributed by atoms with Gasteiger partial charge in [-0.2, -0.15) is 0 Å². The summed E-state index contributed by atoms with van der Waals surface area (Å²) in [5.41, 5.74) is -1.38. The normalized spacial score (nSPS) is 50.6. The summed E-state index contributed by atoms with van der Waals surface area (Å²) in [6.07, 6.45) is 3.59. The maximum atomic E-state index is 15.3. The third kappa shape index (κ3) is 2.33. The van der Waals surface area contributed by atoms with Gasteiger partial charge in [0, 0.05) is 12.3 Å². The van der Waals surface area contributed by atoms with Crippen molar-refractivity contribution in [2.24, 2.45) is 28.6 Å². The number of esters is 1. The van der Waals surface area contributed by atoms with E-state index in [1.807, 2.05) is 13.8 Å². The van der Waals surface area contributed by atoms with Crippen molar-refractivity contribution in [3.05, 3.63) is 23.8 Å². The fourth-order valence-electron chi connectivity index (χ4n) is 7.50. The highest BCUT2D eigenvalue weighted by Crippen LogP contribution is 2.75. The summed E-state index contributed by atoms with van der Waals surface area (Å²) in [5, 5.41) is 10.8. The molecule has 1 N–H and O–H groups in total. The molecule has 1 spiro atoms. The minimum Gasteiger partial charge on any atom is -0.458 e. The van der Waals surface area contributed by atoms with Gasteiger partial charge in [-0.05, 0) is 61.2 Å². The van der Waals surface area contributed by atoms with Crippen LogP contribution in [0.2, 0.25) is 0 Å². The lowest BCUT2D eigenvalue weighted by Crippen LogP contribution is -2.59. The number of epoxide rings is 1.